The highest BCUT2D eigenvalue weighted by Crippen LogP contribution is 2.40. The molecule has 49 heavy (non-hydrogen) atoms. The van der Waals surface area contributed by atoms with Crippen LogP contribution in [-0.4, -0.2) is 39.1 Å². The number of halogens is 1. The summed E-state index contributed by atoms with van der Waals surface area (Å²) in [6.07, 6.45) is 1.57. The van der Waals surface area contributed by atoms with Crippen molar-refractivity contribution in [3.8, 4) is 5.75 Å². The number of carbonyl (C=O) groups excluding carboxylic acids is 1. The molecular weight excluding hydrogens is 686 g/mol. The van der Waals surface area contributed by atoms with Crippen LogP contribution >= 0.6 is 34.7 Å². The number of hydrogen-bond donors (Lipinski definition) is 0. The molecule has 0 saturated heterocycles. The van der Waals surface area contributed by atoms with Crippen LogP contribution < -0.4 is 19.6 Å². The van der Waals surface area contributed by atoms with E-state index >= 15 is 0 Å². The summed E-state index contributed by atoms with van der Waals surface area (Å²) in [6, 6.07) is 19.6. The molecule has 248 valence electrons. The number of nitro groups is 1. The van der Waals surface area contributed by atoms with Gasteiger partial charge < -0.3 is 9.47 Å². The fourth-order valence-corrected chi connectivity index (χ4v) is 7.63. The smallest absolute Gasteiger partial charge is 0.338 e. The Morgan fingerprint density at radius 3 is 2.49 bits per heavy atom. The molecule has 0 amide bonds. The van der Waals surface area contributed by atoms with Gasteiger partial charge in [0.2, 0.25) is 0 Å². The minimum absolute atomic E-state index is 0.0941. The van der Waals surface area contributed by atoms with Crippen molar-refractivity contribution in [2.75, 3.05) is 13.7 Å². The molecular formula is C35H28ClN5O6S2. The van der Waals surface area contributed by atoms with Crippen LogP contribution in [0, 0.1) is 24.0 Å². The van der Waals surface area contributed by atoms with E-state index in [-0.39, 0.29) is 22.4 Å². The minimum atomic E-state index is -1.02. The Labute approximate surface area is 293 Å². The Morgan fingerprint density at radius 1 is 1.08 bits per heavy atom. The molecule has 1 atom stereocenters. The number of benzene rings is 3. The second-order valence-electron chi connectivity index (χ2n) is 10.8. The van der Waals surface area contributed by atoms with Crippen LogP contribution in [0.25, 0.3) is 11.8 Å². The number of aromatic nitrogens is 3. The van der Waals surface area contributed by atoms with Crippen molar-refractivity contribution in [1.82, 2.24) is 14.5 Å². The Bertz CT molecular complexity index is 2320. The molecule has 0 aliphatic carbocycles. The summed E-state index contributed by atoms with van der Waals surface area (Å²) >= 11 is 8.65. The van der Waals surface area contributed by atoms with Gasteiger partial charge in [-0.1, -0.05) is 59.3 Å². The van der Waals surface area contributed by atoms with E-state index in [1.165, 1.54) is 17.7 Å². The lowest BCUT2D eigenvalue weighted by Gasteiger charge is -2.27. The molecule has 1 aliphatic rings. The van der Waals surface area contributed by atoms with Crippen molar-refractivity contribution in [2.45, 2.75) is 36.9 Å². The summed E-state index contributed by atoms with van der Waals surface area (Å²) in [4.78, 5) is 54.1. The van der Waals surface area contributed by atoms with E-state index in [2.05, 4.69) is 9.97 Å². The third-order valence-electron chi connectivity index (χ3n) is 7.50. The summed E-state index contributed by atoms with van der Waals surface area (Å²) in [5.41, 5.74) is 2.88. The lowest BCUT2D eigenvalue weighted by Crippen LogP contribution is -2.40. The molecule has 2 aromatic heterocycles. The molecule has 0 saturated carbocycles. The number of ether oxygens (including phenoxy) is 2. The number of thiazole rings is 1. The molecule has 0 fully saturated rings. The zero-order chi connectivity index (χ0) is 34.8. The van der Waals surface area contributed by atoms with Gasteiger partial charge in [0.05, 0.1) is 39.3 Å². The summed E-state index contributed by atoms with van der Waals surface area (Å²) in [6.45, 7) is 5.45. The van der Waals surface area contributed by atoms with Crippen molar-refractivity contribution in [1.29, 1.82) is 0 Å². The first-order chi connectivity index (χ1) is 23.6. The van der Waals surface area contributed by atoms with E-state index in [0.717, 1.165) is 34.5 Å². The number of hydrogen-bond acceptors (Lipinski definition) is 11. The van der Waals surface area contributed by atoms with E-state index in [9.17, 15) is 19.7 Å². The van der Waals surface area contributed by atoms with E-state index < -0.39 is 22.5 Å². The summed E-state index contributed by atoms with van der Waals surface area (Å²) in [5, 5.41) is 12.9. The summed E-state index contributed by atoms with van der Waals surface area (Å²) < 4.78 is 12.9. The zero-order valence-electron chi connectivity index (χ0n) is 26.7. The topological polar surface area (TPSA) is 139 Å². The zero-order valence-corrected chi connectivity index (χ0v) is 29.1. The highest BCUT2D eigenvalue weighted by atomic mass is 35.5. The molecule has 3 aromatic carbocycles. The van der Waals surface area contributed by atoms with Gasteiger partial charge in [-0.25, -0.2) is 19.8 Å². The van der Waals surface area contributed by atoms with Crippen LogP contribution in [-0.2, 0) is 9.53 Å². The SMILES string of the molecule is CCOC(=O)C1=C(c2ccccc2)N=c2s/c(=C\c3ccc(Sc4nc(C)cc(C)n4)c([N+](=O)[O-])c3)c(=O)n2[C@@H]1c1cc(Cl)ccc1OC. The van der Waals surface area contributed by atoms with Crippen molar-refractivity contribution in [2.24, 2.45) is 4.99 Å². The Balaban J connectivity index is 1.56. The minimum Gasteiger partial charge on any atom is -0.496 e. The quantitative estimate of drug-likeness (QED) is 0.0772. The molecule has 0 bridgehead atoms. The van der Waals surface area contributed by atoms with E-state index in [1.807, 2.05) is 50.2 Å². The van der Waals surface area contributed by atoms with Gasteiger partial charge in [-0.2, -0.15) is 0 Å². The van der Waals surface area contributed by atoms with Gasteiger partial charge in [0.25, 0.3) is 11.2 Å². The van der Waals surface area contributed by atoms with Crippen LogP contribution in [0.15, 0.2) is 98.2 Å². The first-order valence-corrected chi connectivity index (χ1v) is 17.0. The maximum absolute atomic E-state index is 14.3. The number of aryl methyl sites for hydroxylation is 2. The van der Waals surface area contributed by atoms with Crippen molar-refractivity contribution in [3.63, 3.8) is 0 Å². The lowest BCUT2D eigenvalue weighted by molar-refractivity contribution is -0.387. The third kappa shape index (κ3) is 6.91. The second-order valence-corrected chi connectivity index (χ2v) is 13.3. The number of nitrogens with zero attached hydrogens (tertiary/aromatic N) is 5. The predicted molar refractivity (Wildman–Crippen MR) is 188 cm³/mol. The first kappa shape index (κ1) is 33.8. The fraction of sp³-hybridized carbons (Fsp3) is 0.171. The molecule has 6 rings (SSSR count). The molecule has 0 unspecified atom stereocenters. The Kier molecular flexibility index (Phi) is 9.77. The van der Waals surface area contributed by atoms with Crippen LogP contribution in [0.3, 0.4) is 0 Å². The van der Waals surface area contributed by atoms with Crippen molar-refractivity contribution in [3.05, 3.63) is 141 Å². The number of carbonyl (C=O) groups is 1. The third-order valence-corrected chi connectivity index (χ3v) is 9.65. The Morgan fingerprint density at radius 2 is 1.82 bits per heavy atom. The van der Waals surface area contributed by atoms with E-state index in [0.29, 0.717) is 48.0 Å². The molecule has 0 spiro atoms. The van der Waals surface area contributed by atoms with Crippen LogP contribution in [0.4, 0.5) is 5.69 Å². The van der Waals surface area contributed by atoms with Gasteiger partial charge in [-0.15, -0.1) is 0 Å². The van der Waals surface area contributed by atoms with Gasteiger partial charge in [0.15, 0.2) is 9.96 Å². The summed E-state index contributed by atoms with van der Waals surface area (Å²) in [7, 11) is 1.49. The molecule has 1 aliphatic heterocycles. The normalized spacial score (nSPS) is 14.3. The molecule has 11 nitrogen and oxygen atoms in total. The van der Waals surface area contributed by atoms with E-state index in [1.54, 1.807) is 43.3 Å². The van der Waals surface area contributed by atoms with Gasteiger partial charge in [-0.3, -0.25) is 19.5 Å². The molecule has 3 heterocycles. The second kappa shape index (κ2) is 14.2. The standard InChI is InChI=1S/C35H28ClN5O6S2/c1-5-47-33(43)29-30(22-9-7-6-8-10-22)39-35-40(31(29)24-18-23(36)12-13-26(24)46-4)32(42)28(49-35)17-21-11-14-27(25(16-21)41(44)45)48-34-37-19(2)15-20(3)38-34/h6-18,31H,5H2,1-4H3/b28-17-/t31-/m1/s1. The van der Waals surface area contributed by atoms with Crippen molar-refractivity contribution >= 4 is 58.1 Å². The monoisotopic (exact) mass is 713 g/mol. The van der Waals surface area contributed by atoms with Crippen molar-refractivity contribution < 1.29 is 19.2 Å². The summed E-state index contributed by atoms with van der Waals surface area (Å²) in [5.74, 6) is -0.250. The predicted octanol–water partition coefficient (Wildman–Crippen LogP) is 6.06. The number of esters is 1. The molecule has 0 N–H and O–H groups in total. The highest BCUT2D eigenvalue weighted by Gasteiger charge is 2.37. The maximum atomic E-state index is 14.3. The average molecular weight is 714 g/mol. The average Bonchev–Trinajstić information content (AvgIpc) is 3.38. The lowest BCUT2D eigenvalue weighted by atomic mass is 9.92. The fourth-order valence-electron chi connectivity index (χ4n) is 5.50. The van der Waals surface area contributed by atoms with Crippen LogP contribution in [0.5, 0.6) is 5.75 Å². The maximum Gasteiger partial charge on any atom is 0.338 e. The van der Waals surface area contributed by atoms with Crippen LogP contribution in [0.1, 0.15) is 41.0 Å². The molecule has 0 radical (unpaired) electrons. The Hall–Kier alpha value is -5.11. The van der Waals surface area contributed by atoms with Gasteiger partial charge in [-0.05, 0) is 74.5 Å². The largest absolute Gasteiger partial charge is 0.496 e. The number of nitro benzene ring substituents is 1. The van der Waals surface area contributed by atoms with E-state index in [4.69, 9.17) is 26.1 Å². The number of methoxy groups -OCH3 is 1. The number of rotatable bonds is 9. The van der Waals surface area contributed by atoms with Gasteiger partial charge in [0.1, 0.15) is 11.8 Å². The van der Waals surface area contributed by atoms with Gasteiger partial charge >= 0.3 is 5.97 Å². The van der Waals surface area contributed by atoms with Crippen LogP contribution in [0.2, 0.25) is 5.02 Å². The highest BCUT2D eigenvalue weighted by molar-refractivity contribution is 7.99. The number of fused-ring (bicyclic) bond motifs is 1. The molecule has 14 heteroatoms. The van der Waals surface area contributed by atoms with Gasteiger partial charge in [0, 0.05) is 33.6 Å². The first-order valence-electron chi connectivity index (χ1n) is 15.0. The molecule has 5 aromatic rings.